The predicted molar refractivity (Wildman–Crippen MR) is 96.3 cm³/mol. The first kappa shape index (κ1) is 16.3. The van der Waals surface area contributed by atoms with Crippen LogP contribution in [0.15, 0.2) is 61.2 Å². The van der Waals surface area contributed by atoms with Crippen molar-refractivity contribution in [3.05, 3.63) is 77.9 Å². The van der Waals surface area contributed by atoms with E-state index in [9.17, 15) is 0 Å². The Balaban J connectivity index is 1.70. The lowest BCUT2D eigenvalue weighted by Crippen LogP contribution is -2.22. The van der Waals surface area contributed by atoms with E-state index in [0.29, 0.717) is 0 Å². The van der Waals surface area contributed by atoms with Crippen LogP contribution in [-0.4, -0.2) is 26.9 Å². The summed E-state index contributed by atoms with van der Waals surface area (Å²) in [6, 6.07) is 12.6. The monoisotopic (exact) mass is 318 g/mol. The minimum atomic E-state index is 0.287. The molecule has 2 aromatic heterocycles. The summed E-state index contributed by atoms with van der Waals surface area (Å²) in [5.41, 5.74) is 4.57. The molecule has 122 valence electrons. The van der Waals surface area contributed by atoms with Crippen LogP contribution in [0.25, 0.3) is 11.4 Å². The summed E-state index contributed by atoms with van der Waals surface area (Å²) in [5.74, 6) is 0.769. The highest BCUT2D eigenvalue weighted by Crippen LogP contribution is 2.20. The van der Waals surface area contributed by atoms with Gasteiger partial charge in [0.1, 0.15) is 0 Å². The van der Waals surface area contributed by atoms with Crippen LogP contribution in [0.2, 0.25) is 0 Å². The highest BCUT2D eigenvalue weighted by atomic mass is 15.1. The molecule has 0 bridgehead atoms. The molecular formula is C20H22N4. The smallest absolute Gasteiger partial charge is 0.159 e. The fourth-order valence-corrected chi connectivity index (χ4v) is 2.67. The summed E-state index contributed by atoms with van der Waals surface area (Å²) in [7, 11) is 2.10. The first-order valence-electron chi connectivity index (χ1n) is 8.11. The van der Waals surface area contributed by atoms with Crippen LogP contribution >= 0.6 is 0 Å². The van der Waals surface area contributed by atoms with Crippen LogP contribution in [-0.2, 0) is 6.54 Å². The first-order valence-corrected chi connectivity index (χ1v) is 8.11. The van der Waals surface area contributed by atoms with E-state index in [4.69, 9.17) is 0 Å². The van der Waals surface area contributed by atoms with Crippen molar-refractivity contribution in [3.8, 4) is 11.4 Å². The number of benzene rings is 1. The number of rotatable bonds is 5. The second-order valence-electron chi connectivity index (χ2n) is 6.16. The second-order valence-corrected chi connectivity index (χ2v) is 6.16. The van der Waals surface area contributed by atoms with Crippen molar-refractivity contribution >= 4 is 0 Å². The van der Waals surface area contributed by atoms with Gasteiger partial charge in [-0.2, -0.15) is 0 Å². The second kappa shape index (κ2) is 7.32. The van der Waals surface area contributed by atoms with Gasteiger partial charge in [-0.3, -0.25) is 9.88 Å². The molecular weight excluding hydrogens is 296 g/mol. The third-order valence-corrected chi connectivity index (χ3v) is 4.24. The summed E-state index contributed by atoms with van der Waals surface area (Å²) in [6.45, 7) is 5.05. The van der Waals surface area contributed by atoms with E-state index < -0.39 is 0 Å². The number of hydrogen-bond acceptors (Lipinski definition) is 4. The number of nitrogens with zero attached hydrogens (tertiary/aromatic N) is 4. The molecule has 2 heterocycles. The predicted octanol–water partition coefficient (Wildman–Crippen LogP) is 4.04. The quantitative estimate of drug-likeness (QED) is 0.712. The van der Waals surface area contributed by atoms with Crippen molar-refractivity contribution in [2.75, 3.05) is 7.05 Å². The van der Waals surface area contributed by atoms with Gasteiger partial charge in [0, 0.05) is 48.5 Å². The molecule has 24 heavy (non-hydrogen) atoms. The third kappa shape index (κ3) is 3.84. The lowest BCUT2D eigenvalue weighted by Gasteiger charge is -2.24. The zero-order valence-electron chi connectivity index (χ0n) is 14.3. The fraction of sp³-hybridized carbons (Fsp3) is 0.250. The maximum Gasteiger partial charge on any atom is 0.159 e. The van der Waals surface area contributed by atoms with E-state index in [1.807, 2.05) is 36.8 Å². The van der Waals surface area contributed by atoms with Gasteiger partial charge in [0.2, 0.25) is 0 Å². The Kier molecular flexibility index (Phi) is 4.96. The largest absolute Gasteiger partial charge is 0.295 e. The van der Waals surface area contributed by atoms with Gasteiger partial charge in [0.25, 0.3) is 0 Å². The first-order chi connectivity index (χ1) is 11.6. The van der Waals surface area contributed by atoms with Crippen LogP contribution in [0.4, 0.5) is 0 Å². The van der Waals surface area contributed by atoms with E-state index in [0.717, 1.165) is 23.5 Å². The zero-order chi connectivity index (χ0) is 16.9. The molecule has 4 heteroatoms. The molecule has 0 aliphatic carbocycles. The molecule has 0 saturated carbocycles. The molecule has 1 aromatic carbocycles. The Bertz CT molecular complexity index is 784. The SMILES string of the molecule is Cc1cccc(-c2ncc(CN(C)C(C)c3cccnc3)cn2)c1. The maximum absolute atomic E-state index is 4.53. The molecule has 0 fully saturated rings. The van der Waals surface area contributed by atoms with Crippen molar-refractivity contribution in [3.63, 3.8) is 0 Å². The summed E-state index contributed by atoms with van der Waals surface area (Å²) in [4.78, 5) is 15.5. The van der Waals surface area contributed by atoms with E-state index in [-0.39, 0.29) is 6.04 Å². The Hall–Kier alpha value is -2.59. The Morgan fingerprint density at radius 1 is 1.04 bits per heavy atom. The van der Waals surface area contributed by atoms with Crippen molar-refractivity contribution in [1.82, 2.24) is 19.9 Å². The van der Waals surface area contributed by atoms with Crippen LogP contribution in [0.5, 0.6) is 0 Å². The molecule has 3 rings (SSSR count). The highest BCUT2D eigenvalue weighted by Gasteiger charge is 2.12. The van der Waals surface area contributed by atoms with Crippen LogP contribution in [0.1, 0.15) is 29.7 Å². The van der Waals surface area contributed by atoms with Gasteiger partial charge in [-0.05, 0) is 38.6 Å². The summed E-state index contributed by atoms with van der Waals surface area (Å²) in [5, 5.41) is 0. The topological polar surface area (TPSA) is 41.9 Å². The number of pyridine rings is 1. The van der Waals surface area contributed by atoms with Gasteiger partial charge in [-0.25, -0.2) is 9.97 Å². The van der Waals surface area contributed by atoms with Gasteiger partial charge in [-0.1, -0.05) is 29.8 Å². The minimum Gasteiger partial charge on any atom is -0.295 e. The normalized spacial score (nSPS) is 12.3. The molecule has 0 saturated heterocycles. The molecule has 0 amide bonds. The van der Waals surface area contributed by atoms with Crippen molar-refractivity contribution in [1.29, 1.82) is 0 Å². The average Bonchev–Trinajstić information content (AvgIpc) is 2.62. The lowest BCUT2D eigenvalue weighted by atomic mass is 10.1. The average molecular weight is 318 g/mol. The molecule has 1 unspecified atom stereocenters. The summed E-state index contributed by atoms with van der Waals surface area (Å²) in [6.07, 6.45) is 7.54. The highest BCUT2D eigenvalue weighted by molar-refractivity contribution is 5.55. The molecule has 0 aliphatic rings. The van der Waals surface area contributed by atoms with Crippen LogP contribution in [0.3, 0.4) is 0 Å². The van der Waals surface area contributed by atoms with Gasteiger partial charge in [0.15, 0.2) is 5.82 Å². The van der Waals surface area contributed by atoms with E-state index in [2.05, 4.69) is 58.9 Å². The number of hydrogen-bond donors (Lipinski definition) is 0. The van der Waals surface area contributed by atoms with Crippen molar-refractivity contribution < 1.29 is 0 Å². The van der Waals surface area contributed by atoms with Gasteiger partial charge < -0.3 is 0 Å². The Morgan fingerprint density at radius 3 is 2.50 bits per heavy atom. The molecule has 0 spiro atoms. The minimum absolute atomic E-state index is 0.287. The fourth-order valence-electron chi connectivity index (χ4n) is 2.67. The lowest BCUT2D eigenvalue weighted by molar-refractivity contribution is 0.252. The van der Waals surface area contributed by atoms with Crippen molar-refractivity contribution in [2.24, 2.45) is 0 Å². The van der Waals surface area contributed by atoms with E-state index in [1.165, 1.54) is 11.1 Å². The number of aryl methyl sites for hydroxylation is 1. The van der Waals surface area contributed by atoms with E-state index in [1.54, 1.807) is 6.20 Å². The molecule has 0 N–H and O–H groups in total. The zero-order valence-corrected chi connectivity index (χ0v) is 14.3. The van der Waals surface area contributed by atoms with Gasteiger partial charge in [0.05, 0.1) is 0 Å². The molecule has 3 aromatic rings. The molecule has 0 aliphatic heterocycles. The molecule has 0 radical (unpaired) electrons. The summed E-state index contributed by atoms with van der Waals surface area (Å²) < 4.78 is 0. The molecule has 4 nitrogen and oxygen atoms in total. The summed E-state index contributed by atoms with van der Waals surface area (Å²) >= 11 is 0. The third-order valence-electron chi connectivity index (χ3n) is 4.24. The van der Waals surface area contributed by atoms with Crippen LogP contribution < -0.4 is 0 Å². The Labute approximate surface area is 143 Å². The molecule has 1 atom stereocenters. The van der Waals surface area contributed by atoms with Gasteiger partial charge in [-0.15, -0.1) is 0 Å². The van der Waals surface area contributed by atoms with Crippen LogP contribution in [0, 0.1) is 6.92 Å². The maximum atomic E-state index is 4.53. The standard InChI is InChI=1S/C20H22N4/c1-15-6-4-7-18(10-15)20-22-11-17(12-23-20)14-24(3)16(2)19-8-5-9-21-13-19/h4-13,16H,14H2,1-3H3. The van der Waals surface area contributed by atoms with E-state index >= 15 is 0 Å². The Morgan fingerprint density at radius 2 is 1.83 bits per heavy atom. The van der Waals surface area contributed by atoms with Gasteiger partial charge >= 0.3 is 0 Å². The van der Waals surface area contributed by atoms with Crippen molar-refractivity contribution in [2.45, 2.75) is 26.4 Å². The number of aromatic nitrogens is 3.